The first kappa shape index (κ1) is 52.8. The van der Waals surface area contributed by atoms with Crippen LogP contribution in [0, 0.1) is 38.9 Å². The van der Waals surface area contributed by atoms with Gasteiger partial charge >= 0.3 is 35.8 Å². The second kappa shape index (κ2) is 22.4. The molecule has 1 saturated heterocycles. The first-order valence-corrected chi connectivity index (χ1v) is 21.0. The zero-order valence-corrected chi connectivity index (χ0v) is 38.1. The monoisotopic (exact) mass is 829 g/mol. The number of aliphatic hydroxyl groups excluding tert-OH is 1. The molecule has 14 heteroatoms. The average molecular weight is 829 g/mol. The van der Waals surface area contributed by atoms with E-state index in [4.69, 9.17) is 33.2 Å². The fourth-order valence-electron chi connectivity index (χ4n) is 6.97. The lowest BCUT2D eigenvalue weighted by molar-refractivity contribution is -0.185. The molecule has 0 radical (unpaired) electrons. The number of methoxy groups -OCH3 is 1. The maximum Gasteiger partial charge on any atom is 0.312 e. The molecule has 1 fully saturated rings. The Kier molecular flexibility index (Phi) is 20.4. The molecule has 336 valence electrons. The highest BCUT2D eigenvalue weighted by atomic mass is 16.6. The van der Waals surface area contributed by atoms with Crippen LogP contribution in [0.25, 0.3) is 0 Å². The van der Waals surface area contributed by atoms with Gasteiger partial charge in [-0.05, 0) is 107 Å². The van der Waals surface area contributed by atoms with Crippen molar-refractivity contribution in [1.29, 1.82) is 0 Å². The van der Waals surface area contributed by atoms with E-state index in [1.54, 1.807) is 62.3 Å². The molecule has 7 unspecified atom stereocenters. The van der Waals surface area contributed by atoms with Crippen LogP contribution in [0.5, 0.6) is 0 Å². The van der Waals surface area contributed by atoms with Gasteiger partial charge in [0.15, 0.2) is 0 Å². The molecule has 0 amide bonds. The van der Waals surface area contributed by atoms with Gasteiger partial charge in [-0.1, -0.05) is 41.0 Å². The van der Waals surface area contributed by atoms with Crippen LogP contribution in [0.3, 0.4) is 0 Å². The molecule has 7 atom stereocenters. The highest BCUT2D eigenvalue weighted by Gasteiger charge is 2.49. The summed E-state index contributed by atoms with van der Waals surface area (Å²) in [6.45, 7) is 21.0. The summed E-state index contributed by atoms with van der Waals surface area (Å²) in [4.78, 5) is 81.6. The van der Waals surface area contributed by atoms with E-state index >= 15 is 0 Å². The van der Waals surface area contributed by atoms with Crippen molar-refractivity contribution in [2.24, 2.45) is 38.9 Å². The normalized spacial score (nSPS) is 23.8. The van der Waals surface area contributed by atoms with Gasteiger partial charge in [0.2, 0.25) is 0 Å². The molecule has 1 rings (SSSR count). The summed E-state index contributed by atoms with van der Waals surface area (Å²) in [5, 5.41) is 10.3. The molecular formula is C44H76O14. The van der Waals surface area contributed by atoms with Crippen LogP contribution in [-0.2, 0) is 61.9 Å². The minimum Gasteiger partial charge on any atom is -0.464 e. The van der Waals surface area contributed by atoms with Gasteiger partial charge in [-0.3, -0.25) is 28.8 Å². The molecule has 0 saturated carbocycles. The summed E-state index contributed by atoms with van der Waals surface area (Å²) in [7, 11) is 1.41. The van der Waals surface area contributed by atoms with Crippen LogP contribution in [-0.4, -0.2) is 99.4 Å². The van der Waals surface area contributed by atoms with Crippen molar-refractivity contribution in [3.8, 4) is 0 Å². The zero-order chi connectivity index (χ0) is 44.8. The Bertz CT molecular complexity index is 1380. The molecule has 1 aliphatic rings. The summed E-state index contributed by atoms with van der Waals surface area (Å²) < 4.78 is 39.7. The Hall–Kier alpha value is -3.26. The van der Waals surface area contributed by atoms with Gasteiger partial charge < -0.3 is 38.3 Å². The fourth-order valence-corrected chi connectivity index (χ4v) is 6.97. The largest absolute Gasteiger partial charge is 0.464 e. The van der Waals surface area contributed by atoms with E-state index in [9.17, 15) is 33.9 Å². The Labute approximate surface area is 347 Å². The van der Waals surface area contributed by atoms with E-state index in [2.05, 4.69) is 0 Å². The lowest BCUT2D eigenvalue weighted by atomic mass is 9.68. The summed E-state index contributed by atoms with van der Waals surface area (Å²) in [6, 6.07) is 0. The highest BCUT2D eigenvalue weighted by Crippen LogP contribution is 2.44. The number of hydrogen-bond donors (Lipinski definition) is 1. The number of ether oxygens (including phenoxy) is 7. The van der Waals surface area contributed by atoms with E-state index < -0.39 is 93.0 Å². The molecule has 0 aromatic heterocycles. The van der Waals surface area contributed by atoms with Gasteiger partial charge in [0.1, 0.15) is 50.2 Å². The lowest BCUT2D eigenvalue weighted by Crippen LogP contribution is -2.48. The van der Waals surface area contributed by atoms with Crippen molar-refractivity contribution in [2.45, 2.75) is 160 Å². The third kappa shape index (κ3) is 15.7. The van der Waals surface area contributed by atoms with E-state index in [0.29, 0.717) is 32.1 Å². The quantitative estimate of drug-likeness (QED) is 0.0873. The van der Waals surface area contributed by atoms with Crippen molar-refractivity contribution < 1.29 is 67.0 Å². The molecule has 1 aliphatic heterocycles. The number of hydrogen-bond acceptors (Lipinski definition) is 14. The average Bonchev–Trinajstić information content (AvgIpc) is 3.15. The second-order valence-electron chi connectivity index (χ2n) is 19.0. The Morgan fingerprint density at radius 1 is 0.810 bits per heavy atom. The van der Waals surface area contributed by atoms with Crippen molar-refractivity contribution in [3.05, 3.63) is 0 Å². The minimum absolute atomic E-state index is 0.0646. The van der Waals surface area contributed by atoms with Crippen LogP contribution >= 0.6 is 0 Å². The number of carbonyl (C=O) groups is 6. The van der Waals surface area contributed by atoms with E-state index in [1.807, 2.05) is 27.7 Å². The molecule has 0 aromatic rings. The van der Waals surface area contributed by atoms with Crippen LogP contribution in [0.4, 0.5) is 0 Å². The summed E-state index contributed by atoms with van der Waals surface area (Å²) >= 11 is 0. The van der Waals surface area contributed by atoms with E-state index in [0.717, 1.165) is 0 Å². The van der Waals surface area contributed by atoms with Crippen LogP contribution in [0.2, 0.25) is 0 Å². The lowest BCUT2D eigenvalue weighted by Gasteiger charge is -2.39. The highest BCUT2D eigenvalue weighted by molar-refractivity contribution is 5.81. The molecule has 0 spiro atoms. The summed E-state index contributed by atoms with van der Waals surface area (Å²) in [5.74, 6) is -4.43. The second-order valence-corrected chi connectivity index (χ2v) is 19.0. The Balaban J connectivity index is 3.59. The first-order chi connectivity index (χ1) is 26.7. The van der Waals surface area contributed by atoms with Crippen LogP contribution in [0.15, 0.2) is 0 Å². The molecule has 0 bridgehead atoms. The predicted molar refractivity (Wildman–Crippen MR) is 216 cm³/mol. The van der Waals surface area contributed by atoms with Crippen molar-refractivity contribution in [1.82, 2.24) is 0 Å². The topological polar surface area (TPSA) is 187 Å². The number of aliphatic hydroxyl groups is 1. The molecule has 0 aromatic carbocycles. The summed E-state index contributed by atoms with van der Waals surface area (Å²) in [5.41, 5.74) is -6.88. The number of carbonyl (C=O) groups excluding carboxylic acids is 6. The zero-order valence-electron chi connectivity index (χ0n) is 38.1. The molecule has 0 aliphatic carbocycles. The SMILES string of the molecule is CCCC(C)(CCC(C)(CC(C)(C)C(=O)OCC1(COC(=O)C(C)CC)COC(=O)C(CC)CC(C)(CC)C(=O)OC1)C(=O)OCC(O)COC)C(=O)OC(C)(C)C. The van der Waals surface area contributed by atoms with Crippen LogP contribution in [0.1, 0.15) is 148 Å². The summed E-state index contributed by atoms with van der Waals surface area (Å²) in [6.07, 6.45) is 1.89. The van der Waals surface area contributed by atoms with Gasteiger partial charge in [-0.25, -0.2) is 0 Å². The smallest absolute Gasteiger partial charge is 0.312 e. The molecule has 1 heterocycles. The Morgan fingerprint density at radius 2 is 1.40 bits per heavy atom. The molecule has 58 heavy (non-hydrogen) atoms. The fraction of sp³-hybridized carbons (Fsp3) is 0.864. The molecular weight excluding hydrogens is 752 g/mol. The molecule has 14 nitrogen and oxygen atoms in total. The number of cyclic esters (lactones) is 2. The maximum absolute atomic E-state index is 14.2. The number of rotatable bonds is 22. The van der Waals surface area contributed by atoms with Gasteiger partial charge in [-0.2, -0.15) is 0 Å². The Morgan fingerprint density at radius 3 is 1.93 bits per heavy atom. The third-order valence-electron chi connectivity index (χ3n) is 11.4. The third-order valence-corrected chi connectivity index (χ3v) is 11.4. The van der Waals surface area contributed by atoms with E-state index in [1.165, 1.54) is 7.11 Å². The van der Waals surface area contributed by atoms with Crippen molar-refractivity contribution in [3.63, 3.8) is 0 Å². The van der Waals surface area contributed by atoms with Gasteiger partial charge in [0.05, 0.1) is 40.1 Å². The predicted octanol–water partition coefficient (Wildman–Crippen LogP) is 6.94. The van der Waals surface area contributed by atoms with Gasteiger partial charge in [-0.15, -0.1) is 0 Å². The standard InChI is InChI=1S/C44H76O14/c1-15-19-42(12,38(51)58-39(6,7)8)20-21-43(13,37(50)53-24-32(45)23-52-14)25-40(9,10)35(48)56-28-44(26-54-33(46)30(5)16-2)27-55-34(47)31(17-3)22-41(11,18-4)36(49)57-29-44/h30-32,45H,15-29H2,1-14H3. The minimum atomic E-state index is -1.46. The van der Waals surface area contributed by atoms with E-state index in [-0.39, 0.29) is 58.7 Å². The first-order valence-electron chi connectivity index (χ1n) is 21.0. The van der Waals surface area contributed by atoms with Gasteiger partial charge in [0.25, 0.3) is 0 Å². The van der Waals surface area contributed by atoms with Crippen LogP contribution < -0.4 is 0 Å². The number of esters is 6. The van der Waals surface area contributed by atoms with Gasteiger partial charge in [0, 0.05) is 7.11 Å². The van der Waals surface area contributed by atoms with Crippen molar-refractivity contribution >= 4 is 35.8 Å². The molecule has 1 N–H and O–H groups in total. The maximum atomic E-state index is 14.2. The van der Waals surface area contributed by atoms with Crippen molar-refractivity contribution in [2.75, 3.05) is 46.8 Å².